The van der Waals surface area contributed by atoms with Gasteiger partial charge in [-0.1, -0.05) is 49.2 Å². The van der Waals surface area contributed by atoms with Gasteiger partial charge in [-0.05, 0) is 37.8 Å². The fourth-order valence-electron chi connectivity index (χ4n) is 6.22. The van der Waals surface area contributed by atoms with Crippen molar-refractivity contribution in [2.24, 2.45) is 5.92 Å². The second kappa shape index (κ2) is 10.3. The van der Waals surface area contributed by atoms with E-state index in [9.17, 15) is 20.0 Å². The van der Waals surface area contributed by atoms with E-state index in [-0.39, 0.29) is 17.3 Å². The minimum Gasteiger partial charge on any atom is -0.492 e. The summed E-state index contributed by atoms with van der Waals surface area (Å²) in [6.45, 7) is 2.77. The third-order valence-corrected chi connectivity index (χ3v) is 7.79. The Kier molecular flexibility index (Phi) is 6.88. The molecule has 0 spiro atoms. The van der Waals surface area contributed by atoms with Crippen LogP contribution in [0.2, 0.25) is 0 Å². The Hall–Kier alpha value is -3.85. The van der Waals surface area contributed by atoms with Crippen LogP contribution in [0.3, 0.4) is 0 Å². The number of aliphatic carboxylic acids is 1. The van der Waals surface area contributed by atoms with Crippen molar-refractivity contribution in [3.63, 3.8) is 0 Å². The number of nitro groups is 1. The molecule has 2 heterocycles. The molecule has 5 rings (SSSR count). The number of nitrogens with one attached hydrogen (secondary N) is 1. The predicted octanol–water partition coefficient (Wildman–Crippen LogP) is 4.65. The summed E-state index contributed by atoms with van der Waals surface area (Å²) in [7, 11) is 1.97. The molecule has 1 saturated carbocycles. The summed E-state index contributed by atoms with van der Waals surface area (Å²) in [5.41, 5.74) is 1.90. The minimum atomic E-state index is -1.07. The van der Waals surface area contributed by atoms with E-state index in [1.165, 1.54) is 6.07 Å². The van der Waals surface area contributed by atoms with Gasteiger partial charge >= 0.3 is 5.97 Å². The van der Waals surface area contributed by atoms with Crippen LogP contribution in [0.4, 0.5) is 5.69 Å². The van der Waals surface area contributed by atoms with Gasteiger partial charge in [0.1, 0.15) is 18.2 Å². The third kappa shape index (κ3) is 4.55. The molecule has 2 atom stereocenters. The van der Waals surface area contributed by atoms with Crippen molar-refractivity contribution in [1.82, 2.24) is 15.3 Å². The first-order valence-electron chi connectivity index (χ1n) is 12.7. The molecule has 2 N–H and O–H groups in total. The second-order valence-electron chi connectivity index (χ2n) is 9.86. The maximum atomic E-state index is 12.6. The minimum absolute atomic E-state index is 0.0634. The Morgan fingerprint density at radius 3 is 2.49 bits per heavy atom. The molecule has 0 radical (unpaired) electrons. The number of hydrogen-bond acceptors (Lipinski definition) is 7. The average molecular weight is 505 g/mol. The number of benzene rings is 2. The number of carboxylic acids is 1. The van der Waals surface area contributed by atoms with E-state index in [1.54, 1.807) is 25.1 Å². The lowest BCUT2D eigenvalue weighted by molar-refractivity contribution is -0.385. The van der Waals surface area contributed by atoms with E-state index in [0.717, 1.165) is 42.8 Å². The number of nitrogens with zero attached hydrogens (tertiary/aromatic N) is 3. The van der Waals surface area contributed by atoms with Crippen LogP contribution in [0, 0.1) is 16.0 Å². The van der Waals surface area contributed by atoms with Crippen LogP contribution in [0.25, 0.3) is 0 Å². The normalized spacial score (nSPS) is 22.3. The summed E-state index contributed by atoms with van der Waals surface area (Å²) < 4.78 is 6.02. The first-order valence-corrected chi connectivity index (χ1v) is 12.7. The van der Waals surface area contributed by atoms with Gasteiger partial charge in [0.05, 0.1) is 29.0 Å². The lowest BCUT2D eigenvalue weighted by Gasteiger charge is -2.36. The molecule has 194 valence electrons. The molecule has 0 bridgehead atoms. The Balaban J connectivity index is 1.57. The Bertz CT molecular complexity index is 1250. The summed E-state index contributed by atoms with van der Waals surface area (Å²) in [6.07, 6.45) is 4.29. The molecular weight excluding hydrogens is 472 g/mol. The van der Waals surface area contributed by atoms with E-state index in [1.807, 2.05) is 37.4 Å². The van der Waals surface area contributed by atoms with Crippen molar-refractivity contribution < 1.29 is 19.6 Å². The maximum absolute atomic E-state index is 12.6. The molecule has 2 aliphatic heterocycles. The lowest BCUT2D eigenvalue weighted by atomic mass is 9.75. The summed E-state index contributed by atoms with van der Waals surface area (Å²) in [6, 6.07) is 16.1. The summed E-state index contributed by atoms with van der Waals surface area (Å²) in [5.74, 6) is 0.109. The first kappa shape index (κ1) is 24.8. The van der Waals surface area contributed by atoms with Gasteiger partial charge in [-0.25, -0.2) is 9.80 Å². The van der Waals surface area contributed by atoms with Gasteiger partial charge in [0.2, 0.25) is 0 Å². The highest BCUT2D eigenvalue weighted by molar-refractivity contribution is 5.91. The number of dihydropyridines is 1. The number of para-hydroxylation sites is 2. The first-order chi connectivity index (χ1) is 17.9. The van der Waals surface area contributed by atoms with Crippen molar-refractivity contribution in [3.05, 3.63) is 92.9 Å². The van der Waals surface area contributed by atoms with Gasteiger partial charge in [0.25, 0.3) is 5.69 Å². The number of ether oxygens (including phenoxy) is 1. The highest BCUT2D eigenvalue weighted by atomic mass is 16.6. The zero-order valence-electron chi connectivity index (χ0n) is 21.1. The van der Waals surface area contributed by atoms with E-state index in [2.05, 4.69) is 15.3 Å². The SMILES string of the molecule is CC1=C(C(=O)O)C(c2ccccc2[N+](=O)[O-])C2=C(N1)N(C)N(CCOc1ccccc1)C2C1CCCC1. The highest BCUT2D eigenvalue weighted by Crippen LogP contribution is 2.50. The summed E-state index contributed by atoms with van der Waals surface area (Å²) in [5, 5.41) is 30.0. The van der Waals surface area contributed by atoms with Crippen LogP contribution in [-0.4, -0.2) is 52.3 Å². The Morgan fingerprint density at radius 2 is 1.81 bits per heavy atom. The van der Waals surface area contributed by atoms with E-state index < -0.39 is 16.8 Å². The fraction of sp³-hybridized carbons (Fsp3) is 0.393. The molecule has 37 heavy (non-hydrogen) atoms. The Labute approximate surface area is 216 Å². The molecule has 2 aromatic carbocycles. The van der Waals surface area contributed by atoms with Gasteiger partial charge < -0.3 is 15.2 Å². The number of hydrazine groups is 1. The van der Waals surface area contributed by atoms with Crippen molar-refractivity contribution in [2.75, 3.05) is 20.2 Å². The third-order valence-electron chi connectivity index (χ3n) is 7.79. The van der Waals surface area contributed by atoms with Crippen molar-refractivity contribution in [2.45, 2.75) is 44.6 Å². The van der Waals surface area contributed by atoms with Crippen LogP contribution < -0.4 is 10.1 Å². The van der Waals surface area contributed by atoms with Gasteiger partial charge in [0.15, 0.2) is 0 Å². The summed E-state index contributed by atoms with van der Waals surface area (Å²) in [4.78, 5) is 24.2. The molecule has 1 aliphatic carbocycles. The topological polar surface area (TPSA) is 108 Å². The number of allylic oxidation sites excluding steroid dienone is 1. The quantitative estimate of drug-likeness (QED) is 0.395. The van der Waals surface area contributed by atoms with Gasteiger partial charge in [-0.3, -0.25) is 15.1 Å². The van der Waals surface area contributed by atoms with Crippen LogP contribution in [0.5, 0.6) is 5.75 Å². The largest absolute Gasteiger partial charge is 0.492 e. The van der Waals surface area contributed by atoms with E-state index in [0.29, 0.717) is 30.3 Å². The van der Waals surface area contributed by atoms with Crippen molar-refractivity contribution in [1.29, 1.82) is 0 Å². The zero-order chi connectivity index (χ0) is 26.1. The fourth-order valence-corrected chi connectivity index (χ4v) is 6.22. The van der Waals surface area contributed by atoms with Gasteiger partial charge in [0, 0.05) is 29.9 Å². The molecule has 0 aromatic heterocycles. The Morgan fingerprint density at radius 1 is 1.14 bits per heavy atom. The van der Waals surface area contributed by atoms with Gasteiger partial charge in [-0.15, -0.1) is 0 Å². The number of rotatable bonds is 8. The highest BCUT2D eigenvalue weighted by Gasteiger charge is 2.50. The molecule has 2 aromatic rings. The standard InChI is InChI=1S/C28H32N4O5/c1-18-23(28(33)34)24(21-14-8-9-15-22(21)32(35)36)25-26(19-10-6-7-11-19)31(30(2)27(25)29-18)16-17-37-20-12-4-3-5-13-20/h3-5,8-9,12-15,19,24,26,29H,6-7,10-11,16-17H2,1-2H3,(H,33,34). The smallest absolute Gasteiger partial charge is 0.334 e. The zero-order valence-corrected chi connectivity index (χ0v) is 21.1. The second-order valence-corrected chi connectivity index (χ2v) is 9.86. The molecule has 1 fully saturated rings. The van der Waals surface area contributed by atoms with Crippen molar-refractivity contribution >= 4 is 11.7 Å². The number of carbonyl (C=O) groups is 1. The van der Waals surface area contributed by atoms with Crippen LogP contribution >= 0.6 is 0 Å². The summed E-state index contributed by atoms with van der Waals surface area (Å²) >= 11 is 0. The predicted molar refractivity (Wildman–Crippen MR) is 138 cm³/mol. The molecule has 2 unspecified atom stereocenters. The molecular formula is C28H32N4O5. The molecule has 0 saturated heterocycles. The van der Waals surface area contributed by atoms with Crippen LogP contribution in [-0.2, 0) is 4.79 Å². The molecule has 0 amide bonds. The monoisotopic (exact) mass is 504 g/mol. The van der Waals surface area contributed by atoms with E-state index in [4.69, 9.17) is 4.74 Å². The number of carboxylic acid groups (broad SMARTS) is 1. The average Bonchev–Trinajstić information content (AvgIpc) is 3.51. The van der Waals surface area contributed by atoms with E-state index >= 15 is 0 Å². The number of hydrogen-bond donors (Lipinski definition) is 2. The molecule has 9 nitrogen and oxygen atoms in total. The maximum Gasteiger partial charge on any atom is 0.334 e. The van der Waals surface area contributed by atoms with Crippen molar-refractivity contribution in [3.8, 4) is 5.75 Å². The van der Waals surface area contributed by atoms with Gasteiger partial charge in [-0.2, -0.15) is 0 Å². The van der Waals surface area contributed by atoms with Crippen LogP contribution in [0.1, 0.15) is 44.1 Å². The molecule has 3 aliphatic rings. The molecule has 9 heteroatoms. The number of nitro benzene ring substituents is 1. The lowest BCUT2D eigenvalue weighted by Crippen LogP contribution is -2.46. The van der Waals surface area contributed by atoms with Crippen LogP contribution in [0.15, 0.2) is 77.3 Å².